The van der Waals surface area contributed by atoms with Crippen LogP contribution in [0.4, 0.5) is 4.39 Å². The van der Waals surface area contributed by atoms with Crippen LogP contribution in [0.3, 0.4) is 0 Å². The lowest BCUT2D eigenvalue weighted by Crippen LogP contribution is -2.19. The van der Waals surface area contributed by atoms with Crippen LogP contribution in [-0.4, -0.2) is 22.2 Å². The van der Waals surface area contributed by atoms with Crippen molar-refractivity contribution in [1.29, 1.82) is 0 Å². The maximum atomic E-state index is 13.6. The number of nitrogens with one attached hydrogen (secondary N) is 1. The minimum atomic E-state index is -0.556. The molecule has 6 heteroatoms. The first-order chi connectivity index (χ1) is 9.56. The molecule has 0 atom stereocenters. The summed E-state index contributed by atoms with van der Waals surface area (Å²) in [6, 6.07) is 6.06. The third-order valence-electron chi connectivity index (χ3n) is 2.97. The van der Waals surface area contributed by atoms with Crippen LogP contribution in [0, 0.1) is 5.82 Å². The topological polar surface area (TPSA) is 72.9 Å². The number of halogens is 1. The SMILES string of the molecule is Cn1ccc(CCNCc2cc(C(N)=O)ccc2F)n1. The number of amides is 1. The van der Waals surface area contributed by atoms with Gasteiger partial charge in [0, 0.05) is 43.9 Å². The van der Waals surface area contributed by atoms with Crippen molar-refractivity contribution < 1.29 is 9.18 Å². The number of hydrogen-bond acceptors (Lipinski definition) is 3. The van der Waals surface area contributed by atoms with Gasteiger partial charge in [0.2, 0.25) is 5.91 Å². The first-order valence-electron chi connectivity index (χ1n) is 6.34. The van der Waals surface area contributed by atoms with E-state index in [9.17, 15) is 9.18 Å². The summed E-state index contributed by atoms with van der Waals surface area (Å²) in [6.07, 6.45) is 2.64. The molecule has 2 aromatic rings. The summed E-state index contributed by atoms with van der Waals surface area (Å²) in [4.78, 5) is 11.1. The molecule has 20 heavy (non-hydrogen) atoms. The molecular weight excluding hydrogens is 259 g/mol. The van der Waals surface area contributed by atoms with Gasteiger partial charge in [-0.05, 0) is 24.3 Å². The smallest absolute Gasteiger partial charge is 0.248 e. The van der Waals surface area contributed by atoms with Crippen molar-refractivity contribution in [2.45, 2.75) is 13.0 Å². The fourth-order valence-electron chi connectivity index (χ4n) is 1.90. The summed E-state index contributed by atoms with van der Waals surface area (Å²) in [7, 11) is 1.86. The molecule has 0 aliphatic carbocycles. The third kappa shape index (κ3) is 3.64. The van der Waals surface area contributed by atoms with E-state index in [1.807, 2.05) is 19.3 Å². The van der Waals surface area contributed by atoms with Gasteiger partial charge in [0.15, 0.2) is 0 Å². The van der Waals surface area contributed by atoms with Gasteiger partial charge in [-0.2, -0.15) is 5.10 Å². The van der Waals surface area contributed by atoms with Gasteiger partial charge in [0.05, 0.1) is 5.69 Å². The molecule has 1 heterocycles. The van der Waals surface area contributed by atoms with Crippen LogP contribution < -0.4 is 11.1 Å². The third-order valence-corrected chi connectivity index (χ3v) is 2.97. The molecule has 0 bridgehead atoms. The quantitative estimate of drug-likeness (QED) is 0.773. The predicted octanol–water partition coefficient (Wildman–Crippen LogP) is 0.990. The summed E-state index contributed by atoms with van der Waals surface area (Å²) >= 11 is 0. The highest BCUT2D eigenvalue weighted by atomic mass is 19.1. The molecule has 0 unspecified atom stereocenters. The number of primary amides is 1. The van der Waals surface area contributed by atoms with E-state index in [4.69, 9.17) is 5.73 Å². The second kappa shape index (κ2) is 6.29. The van der Waals surface area contributed by atoms with Crippen molar-refractivity contribution >= 4 is 5.91 Å². The van der Waals surface area contributed by atoms with Crippen LogP contribution in [0.2, 0.25) is 0 Å². The summed E-state index contributed by atoms with van der Waals surface area (Å²) in [6.45, 7) is 1.02. The van der Waals surface area contributed by atoms with E-state index in [-0.39, 0.29) is 5.82 Å². The molecule has 0 radical (unpaired) electrons. The molecule has 0 saturated carbocycles. The molecule has 1 amide bonds. The average molecular weight is 276 g/mol. The van der Waals surface area contributed by atoms with E-state index in [0.717, 1.165) is 12.1 Å². The Bertz CT molecular complexity index is 609. The first kappa shape index (κ1) is 14.2. The highest BCUT2D eigenvalue weighted by molar-refractivity contribution is 5.92. The normalized spacial score (nSPS) is 10.7. The monoisotopic (exact) mass is 276 g/mol. The maximum Gasteiger partial charge on any atom is 0.248 e. The predicted molar refractivity (Wildman–Crippen MR) is 73.5 cm³/mol. The fraction of sp³-hybridized carbons (Fsp3) is 0.286. The Kier molecular flexibility index (Phi) is 4.47. The Balaban J connectivity index is 1.87. The van der Waals surface area contributed by atoms with E-state index in [1.165, 1.54) is 18.2 Å². The Morgan fingerprint density at radius 3 is 2.90 bits per heavy atom. The zero-order chi connectivity index (χ0) is 14.5. The Labute approximate surface area is 116 Å². The number of nitrogens with zero attached hydrogens (tertiary/aromatic N) is 2. The summed E-state index contributed by atoms with van der Waals surface area (Å²) < 4.78 is 15.3. The molecule has 0 fully saturated rings. The molecule has 3 N–H and O–H groups in total. The highest BCUT2D eigenvalue weighted by Crippen LogP contribution is 2.10. The van der Waals surface area contributed by atoms with Gasteiger partial charge in [-0.1, -0.05) is 0 Å². The molecule has 0 aliphatic rings. The molecular formula is C14H17FN4O. The van der Waals surface area contributed by atoms with E-state index in [2.05, 4.69) is 10.4 Å². The zero-order valence-corrected chi connectivity index (χ0v) is 11.3. The largest absolute Gasteiger partial charge is 0.366 e. The first-order valence-corrected chi connectivity index (χ1v) is 6.34. The lowest BCUT2D eigenvalue weighted by molar-refractivity contribution is 0.1000. The second-order valence-electron chi connectivity index (χ2n) is 4.58. The number of carbonyl (C=O) groups excluding carboxylic acids is 1. The second-order valence-corrected chi connectivity index (χ2v) is 4.58. The van der Waals surface area contributed by atoms with Crippen molar-refractivity contribution in [1.82, 2.24) is 15.1 Å². The van der Waals surface area contributed by atoms with Gasteiger partial charge in [-0.15, -0.1) is 0 Å². The van der Waals surface area contributed by atoms with Crippen molar-refractivity contribution in [2.75, 3.05) is 6.54 Å². The standard InChI is InChI=1S/C14H17FN4O/c1-19-7-5-12(18-19)4-6-17-9-11-8-10(14(16)20)2-3-13(11)15/h2-3,5,7-8,17H,4,6,9H2,1H3,(H2,16,20). The van der Waals surface area contributed by atoms with Crippen LogP contribution in [-0.2, 0) is 20.0 Å². The Hall–Kier alpha value is -2.21. The summed E-state index contributed by atoms with van der Waals surface area (Å²) in [5.74, 6) is -0.903. The van der Waals surface area contributed by atoms with Gasteiger partial charge in [0.25, 0.3) is 0 Å². The molecule has 2 rings (SSSR count). The molecule has 106 valence electrons. The maximum absolute atomic E-state index is 13.6. The van der Waals surface area contributed by atoms with Crippen LogP contribution in [0.15, 0.2) is 30.5 Å². The van der Waals surface area contributed by atoms with Crippen LogP contribution in [0.5, 0.6) is 0 Å². The van der Waals surface area contributed by atoms with Crippen LogP contribution in [0.25, 0.3) is 0 Å². The molecule has 0 aliphatic heterocycles. The minimum Gasteiger partial charge on any atom is -0.366 e. The number of carbonyl (C=O) groups is 1. The lowest BCUT2D eigenvalue weighted by Gasteiger charge is -2.06. The van der Waals surface area contributed by atoms with E-state index in [1.54, 1.807) is 4.68 Å². The lowest BCUT2D eigenvalue weighted by atomic mass is 10.1. The summed E-state index contributed by atoms with van der Waals surface area (Å²) in [5, 5.41) is 7.38. The van der Waals surface area contributed by atoms with E-state index >= 15 is 0 Å². The molecule has 0 saturated heterocycles. The van der Waals surface area contributed by atoms with E-state index < -0.39 is 5.91 Å². The van der Waals surface area contributed by atoms with Gasteiger partial charge < -0.3 is 11.1 Å². The Morgan fingerprint density at radius 1 is 1.45 bits per heavy atom. The number of rotatable bonds is 6. The number of aromatic nitrogens is 2. The molecule has 0 spiro atoms. The van der Waals surface area contributed by atoms with Gasteiger partial charge >= 0.3 is 0 Å². The minimum absolute atomic E-state index is 0.313. The fourth-order valence-corrected chi connectivity index (χ4v) is 1.90. The van der Waals surface area contributed by atoms with E-state index in [0.29, 0.717) is 24.2 Å². The number of aryl methyl sites for hydroxylation is 1. The average Bonchev–Trinajstić information content (AvgIpc) is 2.82. The highest BCUT2D eigenvalue weighted by Gasteiger charge is 2.07. The zero-order valence-electron chi connectivity index (χ0n) is 11.3. The number of hydrogen-bond donors (Lipinski definition) is 2. The number of benzene rings is 1. The van der Waals surface area contributed by atoms with Crippen molar-refractivity contribution in [3.05, 3.63) is 53.1 Å². The number of nitrogens with two attached hydrogens (primary N) is 1. The molecule has 1 aromatic heterocycles. The van der Waals surface area contributed by atoms with Crippen molar-refractivity contribution in [2.24, 2.45) is 12.8 Å². The van der Waals surface area contributed by atoms with Gasteiger partial charge in [-0.25, -0.2) is 4.39 Å². The summed E-state index contributed by atoms with van der Waals surface area (Å²) in [5.41, 5.74) is 6.90. The molecule has 5 nitrogen and oxygen atoms in total. The van der Waals surface area contributed by atoms with Gasteiger partial charge in [0.1, 0.15) is 5.82 Å². The van der Waals surface area contributed by atoms with Gasteiger partial charge in [-0.3, -0.25) is 9.48 Å². The Morgan fingerprint density at radius 2 is 2.25 bits per heavy atom. The van der Waals surface area contributed by atoms with Crippen molar-refractivity contribution in [3.63, 3.8) is 0 Å². The molecule has 1 aromatic carbocycles. The van der Waals surface area contributed by atoms with Crippen molar-refractivity contribution in [3.8, 4) is 0 Å². The van der Waals surface area contributed by atoms with Crippen LogP contribution in [0.1, 0.15) is 21.6 Å². The van der Waals surface area contributed by atoms with Crippen LogP contribution >= 0.6 is 0 Å².